The van der Waals surface area contributed by atoms with E-state index in [1.54, 1.807) is 0 Å². The van der Waals surface area contributed by atoms with Gasteiger partial charge in [0, 0.05) is 12.8 Å². The van der Waals surface area contributed by atoms with Crippen molar-refractivity contribution in [2.75, 3.05) is 18.6 Å². The molecule has 0 aromatic rings. The van der Waals surface area contributed by atoms with Crippen molar-refractivity contribution in [2.45, 2.75) is 25.0 Å². The van der Waals surface area contributed by atoms with E-state index in [0.717, 1.165) is 24.0 Å². The molecule has 3 saturated heterocycles. The third-order valence-electron chi connectivity index (χ3n) is 4.06. The molecule has 3 aliphatic heterocycles. The van der Waals surface area contributed by atoms with E-state index in [4.69, 9.17) is 4.74 Å². The lowest BCUT2D eigenvalue weighted by molar-refractivity contribution is -0.142. The van der Waals surface area contributed by atoms with Gasteiger partial charge in [0.05, 0.1) is 29.8 Å². The summed E-state index contributed by atoms with van der Waals surface area (Å²) in [5.41, 5.74) is 0. The standard InChI is InChI=1S/C11H15NO5S/c1-18(15,16)5-4-12-10(13)8-6-2-3-7(17-6)9(8)11(12)14/h6-9H,2-5H2,1H3/t6-,7-,8-,9+/m0/s1. The lowest BCUT2D eigenvalue weighted by Crippen LogP contribution is -2.37. The van der Waals surface area contributed by atoms with Gasteiger partial charge >= 0.3 is 0 Å². The topological polar surface area (TPSA) is 80.8 Å². The predicted molar refractivity (Wildman–Crippen MR) is 61.3 cm³/mol. The van der Waals surface area contributed by atoms with Crippen molar-refractivity contribution in [1.29, 1.82) is 0 Å². The quantitative estimate of drug-likeness (QED) is 0.628. The number of hydrogen-bond donors (Lipinski definition) is 0. The number of ether oxygens (including phenoxy) is 1. The molecule has 3 rings (SSSR count). The second-order valence-electron chi connectivity index (χ2n) is 5.30. The Morgan fingerprint density at radius 3 is 2.11 bits per heavy atom. The Bertz CT molecular complexity index is 486. The molecule has 2 bridgehead atoms. The number of carbonyl (C=O) groups excluding carboxylic acids is 2. The molecule has 0 spiro atoms. The van der Waals surface area contributed by atoms with Gasteiger partial charge in [0.1, 0.15) is 9.84 Å². The zero-order valence-corrected chi connectivity index (χ0v) is 10.9. The molecule has 3 aliphatic rings. The number of amides is 2. The van der Waals surface area contributed by atoms with Gasteiger partial charge in [0.2, 0.25) is 11.8 Å². The van der Waals surface area contributed by atoms with Crippen LogP contribution in [0.1, 0.15) is 12.8 Å². The minimum Gasteiger partial charge on any atom is -0.373 e. The van der Waals surface area contributed by atoms with Crippen LogP contribution in [0.15, 0.2) is 0 Å². The summed E-state index contributed by atoms with van der Waals surface area (Å²) in [4.78, 5) is 25.4. The average molecular weight is 273 g/mol. The first-order chi connectivity index (χ1) is 8.38. The molecular formula is C11H15NO5S. The largest absolute Gasteiger partial charge is 0.373 e. The van der Waals surface area contributed by atoms with Crippen molar-refractivity contribution < 1.29 is 22.7 Å². The number of rotatable bonds is 3. The van der Waals surface area contributed by atoms with Crippen LogP contribution in [-0.4, -0.2) is 55.9 Å². The van der Waals surface area contributed by atoms with Crippen LogP contribution in [0, 0.1) is 11.8 Å². The van der Waals surface area contributed by atoms with Crippen LogP contribution >= 0.6 is 0 Å². The molecule has 100 valence electrons. The van der Waals surface area contributed by atoms with Crippen LogP contribution in [0.2, 0.25) is 0 Å². The molecule has 0 saturated carbocycles. The van der Waals surface area contributed by atoms with E-state index < -0.39 is 9.84 Å². The number of likely N-dealkylation sites (tertiary alicyclic amines) is 1. The van der Waals surface area contributed by atoms with E-state index >= 15 is 0 Å². The van der Waals surface area contributed by atoms with Crippen LogP contribution in [0.4, 0.5) is 0 Å². The fourth-order valence-corrected chi connectivity index (χ4v) is 3.77. The SMILES string of the molecule is CS(=O)(=O)CCN1C(=O)[C@@H]2[C@H](C1=O)[C@@H]1CC[C@@H]2O1. The maximum atomic E-state index is 12.1. The highest BCUT2D eigenvalue weighted by Crippen LogP contribution is 2.48. The maximum absolute atomic E-state index is 12.1. The fourth-order valence-electron chi connectivity index (χ4n) is 3.25. The molecule has 0 aromatic heterocycles. The van der Waals surface area contributed by atoms with E-state index in [2.05, 4.69) is 0 Å². The third kappa shape index (κ3) is 1.68. The summed E-state index contributed by atoms with van der Waals surface area (Å²) in [6.45, 7) is -0.0249. The van der Waals surface area contributed by atoms with Gasteiger partial charge in [-0.05, 0) is 12.8 Å². The number of nitrogens with zero attached hydrogens (tertiary/aromatic N) is 1. The van der Waals surface area contributed by atoms with Gasteiger partial charge in [0.15, 0.2) is 0 Å². The van der Waals surface area contributed by atoms with Crippen LogP contribution in [0.25, 0.3) is 0 Å². The highest BCUT2D eigenvalue weighted by Gasteiger charge is 2.62. The molecule has 3 heterocycles. The number of imide groups is 1. The second-order valence-corrected chi connectivity index (χ2v) is 7.56. The molecule has 0 radical (unpaired) electrons. The molecule has 0 aromatic carbocycles. The Kier molecular flexibility index (Phi) is 2.54. The Morgan fingerprint density at radius 1 is 1.17 bits per heavy atom. The summed E-state index contributed by atoms with van der Waals surface area (Å²) in [7, 11) is -3.17. The van der Waals surface area contributed by atoms with Gasteiger partial charge in [-0.1, -0.05) is 0 Å². The van der Waals surface area contributed by atoms with Crippen LogP contribution < -0.4 is 0 Å². The number of sulfone groups is 1. The Morgan fingerprint density at radius 2 is 1.67 bits per heavy atom. The van der Waals surface area contributed by atoms with Crippen molar-refractivity contribution in [2.24, 2.45) is 11.8 Å². The lowest BCUT2D eigenvalue weighted by atomic mass is 9.81. The molecule has 18 heavy (non-hydrogen) atoms. The zero-order chi connectivity index (χ0) is 13.1. The molecule has 6 nitrogen and oxygen atoms in total. The van der Waals surface area contributed by atoms with E-state index in [1.165, 1.54) is 0 Å². The van der Waals surface area contributed by atoms with Gasteiger partial charge in [-0.15, -0.1) is 0 Å². The first-order valence-corrected chi connectivity index (χ1v) is 8.13. The minimum absolute atomic E-state index is 0.0249. The van der Waals surface area contributed by atoms with E-state index in [9.17, 15) is 18.0 Å². The number of carbonyl (C=O) groups is 2. The molecule has 0 unspecified atom stereocenters. The van der Waals surface area contributed by atoms with Gasteiger partial charge in [-0.2, -0.15) is 0 Å². The third-order valence-corrected chi connectivity index (χ3v) is 4.99. The number of fused-ring (bicyclic) bond motifs is 5. The van der Waals surface area contributed by atoms with E-state index in [0.29, 0.717) is 0 Å². The summed E-state index contributed by atoms with van der Waals surface area (Å²) in [5, 5.41) is 0. The maximum Gasteiger partial charge on any atom is 0.235 e. The summed E-state index contributed by atoms with van der Waals surface area (Å²) < 4.78 is 27.8. The summed E-state index contributed by atoms with van der Waals surface area (Å²) >= 11 is 0. The van der Waals surface area contributed by atoms with Gasteiger partial charge < -0.3 is 4.74 Å². The first-order valence-electron chi connectivity index (χ1n) is 6.07. The van der Waals surface area contributed by atoms with Crippen molar-refractivity contribution in [3.05, 3.63) is 0 Å². The van der Waals surface area contributed by atoms with E-state index in [1.807, 2.05) is 0 Å². The van der Waals surface area contributed by atoms with E-state index in [-0.39, 0.29) is 48.2 Å². The monoisotopic (exact) mass is 273 g/mol. The van der Waals surface area contributed by atoms with Gasteiger partial charge in [0.25, 0.3) is 0 Å². The predicted octanol–water partition coefficient (Wildman–Crippen LogP) is -0.807. The number of hydrogen-bond acceptors (Lipinski definition) is 5. The Labute approximate surface area is 105 Å². The van der Waals surface area contributed by atoms with Crippen molar-refractivity contribution >= 4 is 21.7 Å². The van der Waals surface area contributed by atoms with Crippen molar-refractivity contribution in [3.8, 4) is 0 Å². The second kappa shape index (κ2) is 3.77. The molecule has 4 atom stereocenters. The molecule has 0 aliphatic carbocycles. The fraction of sp³-hybridized carbons (Fsp3) is 0.818. The highest BCUT2D eigenvalue weighted by atomic mass is 32.2. The molecule has 0 N–H and O–H groups in total. The molecule has 2 amide bonds. The van der Waals surface area contributed by atoms with Gasteiger partial charge in [-0.3, -0.25) is 14.5 Å². The molecular weight excluding hydrogens is 258 g/mol. The molecule has 3 fully saturated rings. The first kappa shape index (κ1) is 12.1. The molecule has 7 heteroatoms. The Hall–Kier alpha value is -0.950. The van der Waals surface area contributed by atoms with Crippen LogP contribution in [0.3, 0.4) is 0 Å². The minimum atomic E-state index is -3.17. The summed E-state index contributed by atoms with van der Waals surface area (Å²) in [6.07, 6.45) is 2.47. The van der Waals surface area contributed by atoms with Crippen molar-refractivity contribution in [3.63, 3.8) is 0 Å². The average Bonchev–Trinajstić information content (AvgIpc) is 2.90. The van der Waals surface area contributed by atoms with Crippen molar-refractivity contribution in [1.82, 2.24) is 4.90 Å². The lowest BCUT2D eigenvalue weighted by Gasteiger charge is -2.16. The normalized spacial score (nSPS) is 38.6. The summed E-state index contributed by atoms with van der Waals surface area (Å²) in [5.74, 6) is -1.39. The van der Waals surface area contributed by atoms with Gasteiger partial charge in [-0.25, -0.2) is 8.42 Å². The highest BCUT2D eigenvalue weighted by molar-refractivity contribution is 7.90. The Balaban J connectivity index is 1.78. The zero-order valence-electron chi connectivity index (χ0n) is 10.0. The summed E-state index contributed by atoms with van der Waals surface area (Å²) in [6, 6.07) is 0. The van der Waals surface area contributed by atoms with Crippen LogP contribution in [-0.2, 0) is 24.2 Å². The van der Waals surface area contributed by atoms with Crippen LogP contribution in [0.5, 0.6) is 0 Å². The smallest absolute Gasteiger partial charge is 0.235 e.